The molecule has 0 aliphatic heterocycles. The fourth-order valence-electron chi connectivity index (χ4n) is 1.61. The number of benzene rings is 1. The summed E-state index contributed by atoms with van der Waals surface area (Å²) in [5.41, 5.74) is 0.278. The first-order chi connectivity index (χ1) is 10.6. The van der Waals surface area contributed by atoms with E-state index >= 15 is 0 Å². The number of aliphatic carboxylic acids is 1. The lowest BCUT2D eigenvalue weighted by molar-refractivity contribution is -0.140. The van der Waals surface area contributed by atoms with Crippen LogP contribution >= 0.6 is 0 Å². The third-order valence-corrected chi connectivity index (χ3v) is 3.76. The molecule has 0 spiro atoms. The summed E-state index contributed by atoms with van der Waals surface area (Å²) in [5, 5.41) is 10.7. The molecule has 0 heterocycles. The van der Waals surface area contributed by atoms with Crippen molar-refractivity contribution >= 4 is 27.6 Å². The number of hydrogen-bond acceptors (Lipinski definition) is 5. The molecule has 1 aromatic carbocycles. The molecule has 0 aliphatic carbocycles. The molecule has 8 nitrogen and oxygen atoms in total. The number of nitrogens with one attached hydrogen (secondary N) is 2. The fraction of sp³-hybridized carbons (Fsp3) is 0.429. The number of carbonyl (C=O) groups excluding carboxylic acids is 1. The number of carbonyl (C=O) groups is 2. The number of ether oxygens (including phenoxy) is 1. The van der Waals surface area contributed by atoms with Crippen LogP contribution < -0.4 is 14.8 Å². The predicted octanol–water partition coefficient (Wildman–Crippen LogP) is 0.805. The summed E-state index contributed by atoms with van der Waals surface area (Å²) in [6.07, 6.45) is -0.00235. The van der Waals surface area contributed by atoms with Crippen LogP contribution in [0.1, 0.15) is 20.8 Å². The summed E-state index contributed by atoms with van der Waals surface area (Å²) in [7, 11) is -3.94. The van der Waals surface area contributed by atoms with Crippen molar-refractivity contribution in [3.63, 3.8) is 0 Å². The molecule has 23 heavy (non-hydrogen) atoms. The van der Waals surface area contributed by atoms with Crippen LogP contribution in [0.15, 0.2) is 24.3 Å². The Morgan fingerprint density at radius 2 is 1.74 bits per heavy atom. The van der Waals surface area contributed by atoms with Crippen LogP contribution in [-0.2, 0) is 19.6 Å². The van der Waals surface area contributed by atoms with Crippen molar-refractivity contribution < 1.29 is 27.9 Å². The maximum absolute atomic E-state index is 11.9. The third-order valence-electron chi connectivity index (χ3n) is 2.57. The Morgan fingerprint density at radius 3 is 2.22 bits per heavy atom. The Balaban J connectivity index is 2.64. The Labute approximate surface area is 134 Å². The Bertz CT molecular complexity index is 654. The Hall–Kier alpha value is -2.29. The second-order valence-electron chi connectivity index (χ2n) is 5.18. The minimum absolute atomic E-state index is 0.00235. The molecule has 9 heteroatoms. The average molecular weight is 344 g/mol. The number of hydrogen-bond donors (Lipinski definition) is 3. The lowest BCUT2D eigenvalue weighted by atomic mass is 10.3. The fourth-order valence-corrected chi connectivity index (χ4v) is 2.60. The molecule has 0 radical (unpaired) electrons. The van der Waals surface area contributed by atoms with Crippen molar-refractivity contribution in [2.75, 3.05) is 10.5 Å². The number of carboxylic acids is 1. The molecular formula is C14H20N2O6S. The van der Waals surface area contributed by atoms with Gasteiger partial charge in [0.05, 0.1) is 6.10 Å². The van der Waals surface area contributed by atoms with Gasteiger partial charge in [0.25, 0.3) is 0 Å². The van der Waals surface area contributed by atoms with E-state index in [0.717, 1.165) is 0 Å². The van der Waals surface area contributed by atoms with E-state index in [9.17, 15) is 18.0 Å². The maximum atomic E-state index is 11.9. The highest BCUT2D eigenvalue weighted by molar-refractivity contribution is 7.93. The lowest BCUT2D eigenvalue weighted by Crippen LogP contribution is -2.42. The van der Waals surface area contributed by atoms with Crippen LogP contribution in [0.2, 0.25) is 0 Å². The normalized spacial score (nSPS) is 12.5. The highest BCUT2D eigenvalue weighted by atomic mass is 32.2. The molecule has 0 aliphatic rings. The topological polar surface area (TPSA) is 122 Å². The molecule has 0 fully saturated rings. The Morgan fingerprint density at radius 1 is 1.17 bits per heavy atom. The van der Waals surface area contributed by atoms with Crippen LogP contribution in [0.4, 0.5) is 5.69 Å². The van der Waals surface area contributed by atoms with Gasteiger partial charge in [0.2, 0.25) is 15.9 Å². The Kier molecular flexibility index (Phi) is 6.38. The van der Waals surface area contributed by atoms with Crippen molar-refractivity contribution in [1.82, 2.24) is 5.32 Å². The van der Waals surface area contributed by atoms with E-state index in [-0.39, 0.29) is 11.8 Å². The first-order valence-corrected chi connectivity index (χ1v) is 8.53. The molecule has 0 bridgehead atoms. The molecule has 1 rings (SSSR count). The highest BCUT2D eigenvalue weighted by Gasteiger charge is 2.20. The summed E-state index contributed by atoms with van der Waals surface area (Å²) in [4.78, 5) is 22.1. The van der Waals surface area contributed by atoms with Gasteiger partial charge in [-0.15, -0.1) is 0 Å². The van der Waals surface area contributed by atoms with Gasteiger partial charge in [-0.05, 0) is 45.0 Å². The monoisotopic (exact) mass is 344 g/mol. The lowest BCUT2D eigenvalue weighted by Gasteiger charge is -2.12. The van der Waals surface area contributed by atoms with Crippen LogP contribution in [0.25, 0.3) is 0 Å². The molecule has 0 saturated carbocycles. The molecule has 1 atom stereocenters. The first kappa shape index (κ1) is 18.8. The molecular weight excluding hydrogens is 324 g/mol. The van der Waals surface area contributed by atoms with Gasteiger partial charge in [0.1, 0.15) is 17.5 Å². The van der Waals surface area contributed by atoms with Crippen LogP contribution in [0, 0.1) is 0 Å². The van der Waals surface area contributed by atoms with Gasteiger partial charge in [0.15, 0.2) is 0 Å². The predicted molar refractivity (Wildman–Crippen MR) is 84.9 cm³/mol. The quantitative estimate of drug-likeness (QED) is 0.641. The van der Waals surface area contributed by atoms with Crippen LogP contribution in [-0.4, -0.2) is 43.3 Å². The minimum atomic E-state index is -3.94. The second kappa shape index (κ2) is 7.82. The zero-order valence-electron chi connectivity index (χ0n) is 13.1. The maximum Gasteiger partial charge on any atom is 0.325 e. The van der Waals surface area contributed by atoms with Gasteiger partial charge < -0.3 is 15.2 Å². The first-order valence-electron chi connectivity index (χ1n) is 6.88. The number of anilines is 1. The number of amides is 1. The van der Waals surface area contributed by atoms with Gasteiger partial charge in [-0.1, -0.05) is 0 Å². The summed E-state index contributed by atoms with van der Waals surface area (Å²) < 4.78 is 31.4. The molecule has 0 saturated heterocycles. The second-order valence-corrected chi connectivity index (χ2v) is 6.90. The summed E-state index contributed by atoms with van der Waals surface area (Å²) in [6.45, 7) is 4.98. The molecule has 1 unspecified atom stereocenters. The largest absolute Gasteiger partial charge is 0.491 e. The van der Waals surface area contributed by atoms with Gasteiger partial charge in [0, 0.05) is 5.69 Å². The van der Waals surface area contributed by atoms with Crippen molar-refractivity contribution in [3.05, 3.63) is 24.3 Å². The average Bonchev–Trinajstić information content (AvgIpc) is 2.39. The minimum Gasteiger partial charge on any atom is -0.491 e. The molecule has 128 valence electrons. The smallest absolute Gasteiger partial charge is 0.325 e. The molecule has 1 amide bonds. The summed E-state index contributed by atoms with van der Waals surface area (Å²) in [5.74, 6) is -2.41. The van der Waals surface area contributed by atoms with E-state index in [1.807, 2.05) is 13.8 Å². The van der Waals surface area contributed by atoms with E-state index in [1.54, 1.807) is 12.1 Å². The van der Waals surface area contributed by atoms with Gasteiger partial charge >= 0.3 is 5.97 Å². The van der Waals surface area contributed by atoms with E-state index < -0.39 is 33.7 Å². The summed E-state index contributed by atoms with van der Waals surface area (Å²) in [6, 6.07) is 5.06. The zero-order chi connectivity index (χ0) is 17.6. The highest BCUT2D eigenvalue weighted by Crippen LogP contribution is 2.17. The SMILES string of the molecule is CC(C)Oc1ccc(NS(=O)(=O)CC(=O)NC(C)C(=O)O)cc1. The summed E-state index contributed by atoms with van der Waals surface area (Å²) >= 11 is 0. The van der Waals surface area contributed by atoms with Gasteiger partial charge in [-0.2, -0.15) is 0 Å². The van der Waals surface area contributed by atoms with Crippen molar-refractivity contribution in [2.24, 2.45) is 0 Å². The zero-order valence-corrected chi connectivity index (χ0v) is 13.9. The van der Waals surface area contributed by atoms with Crippen LogP contribution in [0.5, 0.6) is 5.75 Å². The van der Waals surface area contributed by atoms with Crippen molar-refractivity contribution in [2.45, 2.75) is 32.9 Å². The third kappa shape index (κ3) is 7.00. The van der Waals surface area contributed by atoms with Gasteiger partial charge in [-0.3, -0.25) is 14.3 Å². The number of rotatable bonds is 8. The van der Waals surface area contributed by atoms with E-state index in [2.05, 4.69) is 10.0 Å². The van der Waals surface area contributed by atoms with E-state index in [4.69, 9.17) is 9.84 Å². The van der Waals surface area contributed by atoms with Gasteiger partial charge in [-0.25, -0.2) is 8.42 Å². The standard InChI is InChI=1S/C14H20N2O6S/c1-9(2)22-12-6-4-11(5-7-12)16-23(20,21)8-13(17)15-10(3)14(18)19/h4-7,9-10,16H,8H2,1-3H3,(H,15,17)(H,18,19). The molecule has 0 aromatic heterocycles. The van der Waals surface area contributed by atoms with E-state index in [0.29, 0.717) is 5.75 Å². The molecule has 1 aromatic rings. The molecule has 3 N–H and O–H groups in total. The number of carboxylic acid groups (broad SMARTS) is 1. The van der Waals surface area contributed by atoms with Crippen molar-refractivity contribution in [3.8, 4) is 5.75 Å². The number of sulfonamides is 1. The van der Waals surface area contributed by atoms with E-state index in [1.165, 1.54) is 19.1 Å². The van der Waals surface area contributed by atoms with Crippen molar-refractivity contribution in [1.29, 1.82) is 0 Å². The van der Waals surface area contributed by atoms with Crippen LogP contribution in [0.3, 0.4) is 0 Å².